The predicted octanol–water partition coefficient (Wildman–Crippen LogP) is 3.85. The number of carbonyl (C=O) groups is 1. The summed E-state index contributed by atoms with van der Waals surface area (Å²) in [5, 5.41) is 1.42. The number of anilines is 1. The molecule has 1 aromatic heterocycles. The fourth-order valence-electron chi connectivity index (χ4n) is 2.52. The maximum atomic E-state index is 12.8. The Morgan fingerprint density at radius 2 is 1.83 bits per heavy atom. The van der Waals surface area contributed by atoms with Crippen molar-refractivity contribution in [3.8, 4) is 0 Å². The zero-order valence-electron chi connectivity index (χ0n) is 12.5. The van der Waals surface area contributed by atoms with Gasteiger partial charge in [0, 0.05) is 22.8 Å². The summed E-state index contributed by atoms with van der Waals surface area (Å²) in [4.78, 5) is 29.4. The highest BCUT2D eigenvalue weighted by Gasteiger charge is 2.19. The number of para-hydroxylation sites is 1. The van der Waals surface area contributed by atoms with Crippen molar-refractivity contribution < 1.29 is 4.79 Å². The van der Waals surface area contributed by atoms with Crippen LogP contribution in [0.4, 0.5) is 5.69 Å². The first-order chi connectivity index (χ1) is 11.1. The summed E-state index contributed by atoms with van der Waals surface area (Å²) in [6, 6.07) is 16.0. The molecule has 1 heterocycles. The quantitative estimate of drug-likeness (QED) is 0.795. The van der Waals surface area contributed by atoms with E-state index in [-0.39, 0.29) is 17.0 Å². The number of hydrogen-bond donors (Lipinski definition) is 1. The molecule has 4 nitrogen and oxygen atoms in total. The molecule has 1 N–H and O–H groups in total. The molecule has 116 valence electrons. The van der Waals surface area contributed by atoms with E-state index in [1.807, 2.05) is 31.2 Å². The summed E-state index contributed by atoms with van der Waals surface area (Å²) in [6.07, 6.45) is 0. The van der Waals surface area contributed by atoms with Crippen LogP contribution in [0.15, 0.2) is 59.4 Å². The first-order valence-corrected chi connectivity index (χ1v) is 7.67. The number of hydrogen-bond acceptors (Lipinski definition) is 2. The Morgan fingerprint density at radius 3 is 2.52 bits per heavy atom. The van der Waals surface area contributed by atoms with Crippen LogP contribution < -0.4 is 10.5 Å². The Kier molecular flexibility index (Phi) is 4.17. The van der Waals surface area contributed by atoms with Crippen molar-refractivity contribution in [1.82, 2.24) is 4.98 Å². The Hall–Kier alpha value is -2.59. The number of pyridine rings is 1. The van der Waals surface area contributed by atoms with E-state index in [2.05, 4.69) is 4.98 Å². The molecule has 3 aromatic rings. The number of amides is 1. The van der Waals surface area contributed by atoms with E-state index in [1.54, 1.807) is 35.2 Å². The molecule has 0 unspecified atom stereocenters. The molecule has 0 spiro atoms. The van der Waals surface area contributed by atoms with Crippen LogP contribution in [0.2, 0.25) is 5.02 Å². The second-order valence-corrected chi connectivity index (χ2v) is 5.56. The fraction of sp³-hybridized carbons (Fsp3) is 0.111. The summed E-state index contributed by atoms with van der Waals surface area (Å²) in [6.45, 7) is 2.31. The van der Waals surface area contributed by atoms with Crippen LogP contribution in [0, 0.1) is 0 Å². The van der Waals surface area contributed by atoms with Gasteiger partial charge in [-0.1, -0.05) is 29.8 Å². The summed E-state index contributed by atoms with van der Waals surface area (Å²) in [5.74, 6) is -0.332. The third kappa shape index (κ3) is 2.98. The predicted molar refractivity (Wildman–Crippen MR) is 93.4 cm³/mol. The molecule has 1 amide bonds. The summed E-state index contributed by atoms with van der Waals surface area (Å²) < 4.78 is 0. The van der Waals surface area contributed by atoms with Crippen molar-refractivity contribution in [2.24, 2.45) is 0 Å². The van der Waals surface area contributed by atoms with Crippen LogP contribution in [0.25, 0.3) is 10.9 Å². The first kappa shape index (κ1) is 15.3. The Labute approximate surface area is 138 Å². The molecule has 23 heavy (non-hydrogen) atoms. The molecule has 0 fully saturated rings. The van der Waals surface area contributed by atoms with E-state index in [4.69, 9.17) is 11.6 Å². The van der Waals surface area contributed by atoms with Gasteiger partial charge in [0.25, 0.3) is 11.5 Å². The van der Waals surface area contributed by atoms with Gasteiger partial charge in [0.2, 0.25) is 0 Å². The molecule has 0 aliphatic rings. The second-order valence-electron chi connectivity index (χ2n) is 5.13. The monoisotopic (exact) mass is 326 g/mol. The average Bonchev–Trinajstić information content (AvgIpc) is 2.56. The van der Waals surface area contributed by atoms with Crippen LogP contribution in [-0.4, -0.2) is 17.4 Å². The van der Waals surface area contributed by atoms with Crippen molar-refractivity contribution in [1.29, 1.82) is 0 Å². The topological polar surface area (TPSA) is 53.2 Å². The molecule has 0 aliphatic carbocycles. The normalized spacial score (nSPS) is 10.7. The molecule has 0 saturated heterocycles. The second kappa shape index (κ2) is 6.26. The van der Waals surface area contributed by atoms with Crippen molar-refractivity contribution >= 4 is 34.1 Å². The third-order valence-corrected chi connectivity index (χ3v) is 3.94. The molecule has 2 aromatic carbocycles. The molecule has 0 saturated carbocycles. The number of nitrogens with one attached hydrogen (secondary N) is 1. The molecule has 0 atom stereocenters. The minimum Gasteiger partial charge on any atom is -0.321 e. The van der Waals surface area contributed by atoms with Gasteiger partial charge in [0.05, 0.1) is 0 Å². The van der Waals surface area contributed by atoms with Gasteiger partial charge in [-0.05, 0) is 48.7 Å². The summed E-state index contributed by atoms with van der Waals surface area (Å²) in [5.41, 5.74) is 1.15. The zero-order valence-corrected chi connectivity index (χ0v) is 13.3. The maximum absolute atomic E-state index is 12.8. The van der Waals surface area contributed by atoms with Crippen LogP contribution in [0.5, 0.6) is 0 Å². The van der Waals surface area contributed by atoms with Gasteiger partial charge >= 0.3 is 0 Å². The summed E-state index contributed by atoms with van der Waals surface area (Å²) >= 11 is 5.89. The highest BCUT2D eigenvalue weighted by Crippen LogP contribution is 2.20. The molecular weight excluding hydrogens is 312 g/mol. The minimum absolute atomic E-state index is 0.125. The number of benzene rings is 2. The fourth-order valence-corrected chi connectivity index (χ4v) is 2.64. The number of halogens is 1. The zero-order chi connectivity index (χ0) is 16.4. The van der Waals surface area contributed by atoms with Crippen LogP contribution in [0.3, 0.4) is 0 Å². The number of carbonyl (C=O) groups excluding carboxylic acids is 1. The van der Waals surface area contributed by atoms with Gasteiger partial charge in [-0.2, -0.15) is 0 Å². The smallest absolute Gasteiger partial charge is 0.263 e. The Bertz CT molecular complexity index is 916. The number of fused-ring (bicyclic) bond motifs is 1. The minimum atomic E-state index is -0.388. The number of H-pyrrole nitrogens is 1. The molecular formula is C18H15ClN2O2. The number of aromatic amines is 1. The van der Waals surface area contributed by atoms with E-state index >= 15 is 0 Å². The highest BCUT2D eigenvalue weighted by molar-refractivity contribution is 6.30. The van der Waals surface area contributed by atoms with E-state index < -0.39 is 0 Å². The van der Waals surface area contributed by atoms with Gasteiger partial charge in [-0.3, -0.25) is 9.59 Å². The van der Waals surface area contributed by atoms with Crippen molar-refractivity contribution in [3.63, 3.8) is 0 Å². The molecule has 5 heteroatoms. The Morgan fingerprint density at radius 1 is 1.13 bits per heavy atom. The van der Waals surface area contributed by atoms with Crippen LogP contribution >= 0.6 is 11.6 Å². The Balaban J connectivity index is 2.05. The van der Waals surface area contributed by atoms with Crippen molar-refractivity contribution in [2.45, 2.75) is 6.92 Å². The number of rotatable bonds is 3. The first-order valence-electron chi connectivity index (χ1n) is 7.29. The maximum Gasteiger partial charge on any atom is 0.263 e. The van der Waals surface area contributed by atoms with Crippen LogP contribution in [-0.2, 0) is 0 Å². The van der Waals surface area contributed by atoms with E-state index in [0.717, 1.165) is 5.39 Å². The molecule has 3 rings (SSSR count). The van der Waals surface area contributed by atoms with Crippen LogP contribution in [0.1, 0.15) is 17.3 Å². The van der Waals surface area contributed by atoms with Gasteiger partial charge in [-0.25, -0.2) is 0 Å². The lowest BCUT2D eigenvalue weighted by molar-refractivity contribution is 0.0987. The number of aromatic nitrogens is 1. The van der Waals surface area contributed by atoms with Gasteiger partial charge in [0.1, 0.15) is 5.56 Å². The van der Waals surface area contributed by atoms with Crippen molar-refractivity contribution in [3.05, 3.63) is 75.5 Å². The lowest BCUT2D eigenvalue weighted by atomic mass is 10.1. The molecule has 0 radical (unpaired) electrons. The number of nitrogens with zero attached hydrogens (tertiary/aromatic N) is 1. The standard InChI is InChI=1S/C18H15ClN2O2/c1-2-21(14-9-7-13(19)8-10-14)18(23)15-11-12-5-3-4-6-16(12)20-17(15)22/h3-11H,2H2,1H3,(H,20,22). The van der Waals surface area contributed by atoms with Crippen molar-refractivity contribution in [2.75, 3.05) is 11.4 Å². The van der Waals surface area contributed by atoms with Gasteiger partial charge in [0.15, 0.2) is 0 Å². The molecule has 0 bridgehead atoms. The SMILES string of the molecule is CCN(C(=O)c1cc2ccccc2[nH]c1=O)c1ccc(Cl)cc1. The van der Waals surface area contributed by atoms with E-state index in [0.29, 0.717) is 22.8 Å². The summed E-state index contributed by atoms with van der Waals surface area (Å²) in [7, 11) is 0. The lowest BCUT2D eigenvalue weighted by Crippen LogP contribution is -2.34. The molecule has 0 aliphatic heterocycles. The third-order valence-electron chi connectivity index (χ3n) is 3.68. The average molecular weight is 327 g/mol. The van der Waals surface area contributed by atoms with Gasteiger partial charge in [-0.15, -0.1) is 0 Å². The van der Waals surface area contributed by atoms with E-state index in [1.165, 1.54) is 0 Å². The largest absolute Gasteiger partial charge is 0.321 e. The van der Waals surface area contributed by atoms with Gasteiger partial charge < -0.3 is 9.88 Å². The lowest BCUT2D eigenvalue weighted by Gasteiger charge is -2.21. The van der Waals surface area contributed by atoms with E-state index in [9.17, 15) is 9.59 Å². The highest BCUT2D eigenvalue weighted by atomic mass is 35.5.